The van der Waals surface area contributed by atoms with Crippen LogP contribution in [0.15, 0.2) is 41.3 Å². The molecular formula is C14H10F2N2OS. The molecule has 0 radical (unpaired) electrons. The number of hydrogen-bond donors (Lipinski definition) is 1. The molecule has 0 amide bonds. The second kappa shape index (κ2) is 5.80. The van der Waals surface area contributed by atoms with Gasteiger partial charge in [-0.05, 0) is 36.4 Å². The van der Waals surface area contributed by atoms with Gasteiger partial charge in [0.1, 0.15) is 11.6 Å². The lowest BCUT2D eigenvalue weighted by atomic mass is 10.1. The third-order valence-corrected chi connectivity index (χ3v) is 4.11. The van der Waals surface area contributed by atoms with Gasteiger partial charge in [0.15, 0.2) is 0 Å². The van der Waals surface area contributed by atoms with Crippen molar-refractivity contribution in [2.45, 2.75) is 10.6 Å². The number of benzene rings is 2. The molecule has 1 unspecified atom stereocenters. The number of nitrogens with two attached hydrogens (primary N) is 1. The second-order valence-corrected chi connectivity index (χ2v) is 5.51. The summed E-state index contributed by atoms with van der Waals surface area (Å²) < 4.78 is 38.7. The molecule has 1 atom stereocenters. The summed E-state index contributed by atoms with van der Waals surface area (Å²) in [6.45, 7) is 0. The number of nitrogens with zero attached hydrogens (tertiary/aromatic N) is 1. The quantitative estimate of drug-likeness (QED) is 0.884. The van der Waals surface area contributed by atoms with Crippen molar-refractivity contribution in [2.24, 2.45) is 0 Å². The van der Waals surface area contributed by atoms with E-state index in [0.29, 0.717) is 0 Å². The van der Waals surface area contributed by atoms with Gasteiger partial charge < -0.3 is 5.73 Å². The zero-order chi connectivity index (χ0) is 14.7. The normalized spacial score (nSPS) is 11.8. The van der Waals surface area contributed by atoms with Crippen molar-refractivity contribution in [1.82, 2.24) is 0 Å². The van der Waals surface area contributed by atoms with Gasteiger partial charge in [0.2, 0.25) is 0 Å². The van der Waals surface area contributed by atoms with Crippen LogP contribution in [-0.2, 0) is 16.6 Å². The first kappa shape index (κ1) is 14.2. The topological polar surface area (TPSA) is 66.9 Å². The summed E-state index contributed by atoms with van der Waals surface area (Å²) in [6, 6.07) is 9.24. The number of nitriles is 1. The Morgan fingerprint density at radius 1 is 1.20 bits per heavy atom. The van der Waals surface area contributed by atoms with Crippen molar-refractivity contribution in [3.8, 4) is 6.07 Å². The molecule has 6 heteroatoms. The summed E-state index contributed by atoms with van der Waals surface area (Å²) >= 11 is 0. The highest BCUT2D eigenvalue weighted by Crippen LogP contribution is 2.21. The average Bonchev–Trinajstić information content (AvgIpc) is 2.41. The van der Waals surface area contributed by atoms with Crippen LogP contribution in [0.1, 0.15) is 11.1 Å². The largest absolute Gasteiger partial charge is 0.398 e. The first-order chi connectivity index (χ1) is 9.51. The summed E-state index contributed by atoms with van der Waals surface area (Å²) in [5, 5.41) is 8.77. The van der Waals surface area contributed by atoms with Gasteiger partial charge in [-0.15, -0.1) is 0 Å². The van der Waals surface area contributed by atoms with Crippen molar-refractivity contribution < 1.29 is 13.0 Å². The number of halogens is 2. The maximum absolute atomic E-state index is 13.6. The van der Waals surface area contributed by atoms with Crippen molar-refractivity contribution >= 4 is 16.5 Å². The van der Waals surface area contributed by atoms with Crippen LogP contribution in [-0.4, -0.2) is 4.21 Å². The Kier molecular flexibility index (Phi) is 4.11. The van der Waals surface area contributed by atoms with E-state index in [9.17, 15) is 13.0 Å². The van der Waals surface area contributed by atoms with E-state index >= 15 is 0 Å². The van der Waals surface area contributed by atoms with Crippen molar-refractivity contribution in [1.29, 1.82) is 5.26 Å². The van der Waals surface area contributed by atoms with Gasteiger partial charge in [-0.2, -0.15) is 5.26 Å². The molecule has 3 nitrogen and oxygen atoms in total. The number of hydrogen-bond acceptors (Lipinski definition) is 3. The Morgan fingerprint density at radius 3 is 2.60 bits per heavy atom. The van der Waals surface area contributed by atoms with Crippen molar-refractivity contribution in [2.75, 3.05) is 5.73 Å². The van der Waals surface area contributed by atoms with Gasteiger partial charge in [0, 0.05) is 5.56 Å². The third-order valence-electron chi connectivity index (χ3n) is 2.68. The SMILES string of the molecule is N#Cc1ccc(F)c(CS(=O)c2ccc(F)cc2N)c1. The van der Waals surface area contributed by atoms with Crippen LogP contribution in [0.5, 0.6) is 0 Å². The van der Waals surface area contributed by atoms with E-state index in [0.717, 1.165) is 18.2 Å². The predicted molar refractivity (Wildman–Crippen MR) is 72.0 cm³/mol. The molecule has 0 saturated carbocycles. The Bertz CT molecular complexity index is 726. The summed E-state index contributed by atoms with van der Waals surface area (Å²) in [5.74, 6) is -1.20. The highest BCUT2D eigenvalue weighted by molar-refractivity contribution is 7.84. The molecule has 0 saturated heterocycles. The standard InChI is InChI=1S/C14H10F2N2OS/c15-11-2-4-14(13(18)6-11)20(19)8-10-5-9(7-17)1-3-12(10)16/h1-6H,8,18H2. The minimum absolute atomic E-state index is 0.0557. The minimum Gasteiger partial charge on any atom is -0.398 e. The maximum atomic E-state index is 13.6. The molecule has 102 valence electrons. The second-order valence-electron chi connectivity index (χ2n) is 4.09. The molecule has 20 heavy (non-hydrogen) atoms. The zero-order valence-corrected chi connectivity index (χ0v) is 11.1. The number of rotatable bonds is 3. The van der Waals surface area contributed by atoms with E-state index in [2.05, 4.69) is 0 Å². The molecule has 0 fully saturated rings. The molecular weight excluding hydrogens is 282 g/mol. The van der Waals surface area contributed by atoms with Crippen LogP contribution >= 0.6 is 0 Å². The van der Waals surface area contributed by atoms with Crippen LogP contribution in [0, 0.1) is 23.0 Å². The van der Waals surface area contributed by atoms with E-state index in [-0.39, 0.29) is 27.5 Å². The lowest BCUT2D eigenvalue weighted by Crippen LogP contribution is -2.03. The Balaban J connectivity index is 2.30. The first-order valence-corrected chi connectivity index (χ1v) is 6.95. The fourth-order valence-electron chi connectivity index (χ4n) is 1.70. The van der Waals surface area contributed by atoms with Crippen molar-refractivity contribution in [3.63, 3.8) is 0 Å². The Morgan fingerprint density at radius 2 is 1.95 bits per heavy atom. The Hall–Kier alpha value is -2.26. The zero-order valence-electron chi connectivity index (χ0n) is 10.3. The molecule has 0 spiro atoms. The fourth-order valence-corrected chi connectivity index (χ4v) is 2.90. The summed E-state index contributed by atoms with van der Waals surface area (Å²) in [7, 11) is -1.62. The molecule has 0 aromatic heterocycles. The van der Waals surface area contributed by atoms with Crippen molar-refractivity contribution in [3.05, 3.63) is 59.2 Å². The van der Waals surface area contributed by atoms with Crippen LogP contribution in [0.2, 0.25) is 0 Å². The van der Waals surface area contributed by atoms with E-state index in [1.165, 1.54) is 18.2 Å². The first-order valence-electron chi connectivity index (χ1n) is 5.63. The van der Waals surface area contributed by atoms with Gasteiger partial charge in [-0.25, -0.2) is 8.78 Å². The molecule has 0 aliphatic carbocycles. The molecule has 2 rings (SSSR count). The third kappa shape index (κ3) is 3.00. The summed E-state index contributed by atoms with van der Waals surface area (Å²) in [4.78, 5) is 0.244. The van der Waals surface area contributed by atoms with Gasteiger partial charge in [0.25, 0.3) is 0 Å². The van der Waals surface area contributed by atoms with Gasteiger partial charge >= 0.3 is 0 Å². The van der Waals surface area contributed by atoms with E-state index in [1.54, 1.807) is 0 Å². The lowest BCUT2D eigenvalue weighted by Gasteiger charge is -2.07. The van der Waals surface area contributed by atoms with E-state index in [4.69, 9.17) is 11.0 Å². The average molecular weight is 292 g/mol. The predicted octanol–water partition coefficient (Wildman–Crippen LogP) is 2.73. The maximum Gasteiger partial charge on any atom is 0.127 e. The highest BCUT2D eigenvalue weighted by Gasteiger charge is 2.13. The van der Waals surface area contributed by atoms with Gasteiger partial charge in [0.05, 0.1) is 38.8 Å². The van der Waals surface area contributed by atoms with E-state index < -0.39 is 22.4 Å². The van der Waals surface area contributed by atoms with Gasteiger partial charge in [-0.1, -0.05) is 0 Å². The van der Waals surface area contributed by atoms with Crippen LogP contribution in [0.3, 0.4) is 0 Å². The monoisotopic (exact) mass is 292 g/mol. The molecule has 2 N–H and O–H groups in total. The fraction of sp³-hybridized carbons (Fsp3) is 0.0714. The van der Waals surface area contributed by atoms with E-state index in [1.807, 2.05) is 6.07 Å². The van der Waals surface area contributed by atoms with Crippen LogP contribution < -0.4 is 5.73 Å². The number of anilines is 1. The summed E-state index contributed by atoms with van der Waals surface area (Å²) in [6.07, 6.45) is 0. The molecule has 0 bridgehead atoms. The summed E-state index contributed by atoms with van der Waals surface area (Å²) in [5.41, 5.74) is 6.09. The van der Waals surface area contributed by atoms with Crippen LogP contribution in [0.25, 0.3) is 0 Å². The Labute approximate surface area is 117 Å². The molecule has 2 aromatic carbocycles. The smallest absolute Gasteiger partial charge is 0.127 e. The van der Waals surface area contributed by atoms with Crippen LogP contribution in [0.4, 0.5) is 14.5 Å². The van der Waals surface area contributed by atoms with Gasteiger partial charge in [-0.3, -0.25) is 4.21 Å². The minimum atomic E-state index is -1.62. The molecule has 0 aliphatic heterocycles. The number of nitrogen functional groups attached to an aromatic ring is 1. The molecule has 0 aliphatic rings. The highest BCUT2D eigenvalue weighted by atomic mass is 32.2. The molecule has 2 aromatic rings. The molecule has 0 heterocycles. The lowest BCUT2D eigenvalue weighted by molar-refractivity contribution is 0.614.